The Morgan fingerprint density at radius 3 is 2.46 bits per heavy atom. The van der Waals surface area contributed by atoms with Crippen LogP contribution >= 0.6 is 23.2 Å². The number of carbonyl (C=O) groups excluding carboxylic acids is 1. The van der Waals surface area contributed by atoms with Gasteiger partial charge in [-0.1, -0.05) is 47.5 Å². The second kappa shape index (κ2) is 10.3. The van der Waals surface area contributed by atoms with E-state index in [9.17, 15) is 22.9 Å². The molecule has 37 heavy (non-hydrogen) atoms. The van der Waals surface area contributed by atoms with Crippen molar-refractivity contribution in [2.45, 2.75) is 11.8 Å². The minimum absolute atomic E-state index is 0.0197. The number of fused-ring (bicyclic) bond motifs is 1. The number of carbonyl (C=O) groups is 1. The van der Waals surface area contributed by atoms with E-state index in [1.807, 2.05) is 0 Å². The topological polar surface area (TPSA) is 138 Å². The maximum Gasteiger partial charge on any atom is 0.296 e. The molecular formula is C25H19Cl2N3O6S. The van der Waals surface area contributed by atoms with Gasteiger partial charge in [-0.3, -0.25) is 9.35 Å². The highest BCUT2D eigenvalue weighted by Crippen LogP contribution is 2.41. The molecule has 4 rings (SSSR count). The highest BCUT2D eigenvalue weighted by atomic mass is 35.5. The minimum Gasteiger partial charge on any atom is -0.505 e. The Balaban J connectivity index is 1.77. The predicted molar refractivity (Wildman–Crippen MR) is 142 cm³/mol. The molecule has 3 N–H and O–H groups in total. The normalized spacial score (nSPS) is 11.7. The number of methoxy groups -OCH3 is 1. The van der Waals surface area contributed by atoms with Crippen molar-refractivity contribution in [1.29, 1.82) is 0 Å². The lowest BCUT2D eigenvalue weighted by Gasteiger charge is -2.12. The molecule has 4 aromatic rings. The van der Waals surface area contributed by atoms with Crippen molar-refractivity contribution in [1.82, 2.24) is 0 Å². The third-order valence-corrected chi connectivity index (χ3v) is 7.31. The van der Waals surface area contributed by atoms with Crippen LogP contribution in [0, 0.1) is 6.92 Å². The van der Waals surface area contributed by atoms with E-state index in [-0.39, 0.29) is 27.5 Å². The van der Waals surface area contributed by atoms with Crippen LogP contribution in [0.4, 0.5) is 17.1 Å². The van der Waals surface area contributed by atoms with Gasteiger partial charge in [-0.15, -0.1) is 5.11 Å². The van der Waals surface area contributed by atoms with Crippen molar-refractivity contribution in [3.63, 3.8) is 0 Å². The summed E-state index contributed by atoms with van der Waals surface area (Å²) in [4.78, 5) is 12.6. The molecule has 0 fully saturated rings. The molecule has 12 heteroatoms. The number of benzene rings is 4. The Kier molecular flexibility index (Phi) is 7.37. The summed E-state index contributed by atoms with van der Waals surface area (Å²) in [5.41, 5.74) is 0.800. The number of nitrogens with one attached hydrogen (secondary N) is 1. The monoisotopic (exact) mass is 559 g/mol. The first-order valence-electron chi connectivity index (χ1n) is 10.6. The molecule has 9 nitrogen and oxygen atoms in total. The second-order valence-electron chi connectivity index (χ2n) is 7.84. The molecule has 0 radical (unpaired) electrons. The van der Waals surface area contributed by atoms with E-state index in [1.165, 1.54) is 26.2 Å². The fraction of sp³-hybridized carbons (Fsp3) is 0.0800. The predicted octanol–water partition coefficient (Wildman–Crippen LogP) is 7.08. The zero-order valence-electron chi connectivity index (χ0n) is 19.4. The van der Waals surface area contributed by atoms with Crippen LogP contribution in [0.3, 0.4) is 0 Å². The lowest BCUT2D eigenvalue weighted by atomic mass is 10.0. The van der Waals surface area contributed by atoms with E-state index in [0.717, 1.165) is 6.07 Å². The van der Waals surface area contributed by atoms with E-state index in [2.05, 4.69) is 15.5 Å². The molecule has 0 unspecified atom stereocenters. The van der Waals surface area contributed by atoms with Crippen molar-refractivity contribution >= 4 is 67.1 Å². The van der Waals surface area contributed by atoms with Crippen LogP contribution in [0.2, 0.25) is 10.0 Å². The van der Waals surface area contributed by atoms with Gasteiger partial charge in [0.2, 0.25) is 0 Å². The van der Waals surface area contributed by atoms with Gasteiger partial charge in [0.1, 0.15) is 16.3 Å². The van der Waals surface area contributed by atoms with Gasteiger partial charge >= 0.3 is 0 Å². The number of halogens is 2. The number of amides is 1. The summed E-state index contributed by atoms with van der Waals surface area (Å²) in [6.07, 6.45) is 0. The summed E-state index contributed by atoms with van der Waals surface area (Å²) in [6.45, 7) is 1.51. The Labute approximate surface area is 222 Å². The highest BCUT2D eigenvalue weighted by molar-refractivity contribution is 7.86. The molecule has 0 spiro atoms. The Morgan fingerprint density at radius 1 is 1.03 bits per heavy atom. The molecule has 0 saturated carbocycles. The largest absolute Gasteiger partial charge is 0.505 e. The van der Waals surface area contributed by atoms with Crippen LogP contribution < -0.4 is 10.1 Å². The van der Waals surface area contributed by atoms with Crippen molar-refractivity contribution in [3.8, 4) is 11.5 Å². The van der Waals surface area contributed by atoms with Crippen molar-refractivity contribution in [2.24, 2.45) is 10.2 Å². The lowest BCUT2D eigenvalue weighted by Crippen LogP contribution is -2.12. The third kappa shape index (κ3) is 5.37. The molecule has 0 heterocycles. The molecule has 0 saturated heterocycles. The number of hydrogen-bond donors (Lipinski definition) is 3. The van der Waals surface area contributed by atoms with E-state index < -0.39 is 26.7 Å². The van der Waals surface area contributed by atoms with Gasteiger partial charge in [0, 0.05) is 17.1 Å². The molecule has 0 atom stereocenters. The molecule has 4 aromatic carbocycles. The van der Waals surface area contributed by atoms with Crippen molar-refractivity contribution < 1.29 is 27.6 Å². The molecule has 1 amide bonds. The lowest BCUT2D eigenvalue weighted by molar-refractivity contribution is 0.102. The average molecular weight is 560 g/mol. The Morgan fingerprint density at radius 2 is 1.76 bits per heavy atom. The number of azo groups is 1. The summed E-state index contributed by atoms with van der Waals surface area (Å²) in [7, 11) is -3.08. The van der Waals surface area contributed by atoms with Crippen LogP contribution in [0.1, 0.15) is 15.9 Å². The summed E-state index contributed by atoms with van der Waals surface area (Å²) < 4.78 is 37.5. The van der Waals surface area contributed by atoms with E-state index in [1.54, 1.807) is 42.5 Å². The van der Waals surface area contributed by atoms with Crippen molar-refractivity contribution in [3.05, 3.63) is 81.8 Å². The second-order valence-corrected chi connectivity index (χ2v) is 10.0. The number of ether oxygens (including phenoxy) is 1. The first-order chi connectivity index (χ1) is 17.5. The van der Waals surface area contributed by atoms with Gasteiger partial charge in [0.15, 0.2) is 5.75 Å². The highest BCUT2D eigenvalue weighted by Gasteiger charge is 2.20. The van der Waals surface area contributed by atoms with E-state index >= 15 is 0 Å². The summed E-state index contributed by atoms with van der Waals surface area (Å²) >= 11 is 12.2. The fourth-order valence-corrected chi connectivity index (χ4v) is 4.86. The number of anilines is 1. The summed E-state index contributed by atoms with van der Waals surface area (Å²) in [5.74, 6) is -0.661. The zero-order valence-corrected chi connectivity index (χ0v) is 21.7. The van der Waals surface area contributed by atoms with Gasteiger partial charge in [-0.25, -0.2) is 0 Å². The van der Waals surface area contributed by atoms with Gasteiger partial charge < -0.3 is 15.2 Å². The molecule has 0 aliphatic carbocycles. The van der Waals surface area contributed by atoms with Crippen LogP contribution in [0.15, 0.2) is 75.8 Å². The molecule has 190 valence electrons. The number of aromatic hydroxyl groups is 1. The first kappa shape index (κ1) is 26.4. The number of nitrogens with zero attached hydrogens (tertiary/aromatic N) is 2. The molecule has 0 aliphatic heterocycles. The summed E-state index contributed by atoms with van der Waals surface area (Å²) in [6, 6.07) is 15.6. The Hall–Kier alpha value is -3.70. The standard InChI is InChI=1S/C25H19Cl2N3O6S/c1-13-19(9-10-21(22(13)27)37(33,34)35)29-30-23-16-6-4-3-5-14(16)11-17(24(23)31)25(32)28-15-7-8-18(26)20(12-15)36-2/h3-12,31H,1-2H3,(H,28,32)(H,33,34,35). The Bertz CT molecular complexity index is 1690. The first-order valence-corrected chi connectivity index (χ1v) is 12.8. The van der Waals surface area contributed by atoms with Crippen LogP contribution in [-0.4, -0.2) is 31.1 Å². The van der Waals surface area contributed by atoms with Gasteiger partial charge in [0.05, 0.1) is 28.4 Å². The molecular weight excluding hydrogens is 541 g/mol. The van der Waals surface area contributed by atoms with Gasteiger partial charge in [-0.05, 0) is 48.2 Å². The van der Waals surface area contributed by atoms with E-state index in [0.29, 0.717) is 27.2 Å². The third-order valence-electron chi connectivity index (χ3n) is 5.51. The minimum atomic E-state index is -4.53. The van der Waals surface area contributed by atoms with Crippen LogP contribution in [0.5, 0.6) is 11.5 Å². The number of rotatable bonds is 6. The maximum absolute atomic E-state index is 13.1. The van der Waals surface area contributed by atoms with Gasteiger partial charge in [-0.2, -0.15) is 13.5 Å². The smallest absolute Gasteiger partial charge is 0.296 e. The van der Waals surface area contributed by atoms with Gasteiger partial charge in [0.25, 0.3) is 16.0 Å². The quantitative estimate of drug-likeness (QED) is 0.170. The van der Waals surface area contributed by atoms with Crippen molar-refractivity contribution in [2.75, 3.05) is 12.4 Å². The number of hydrogen-bond acceptors (Lipinski definition) is 7. The maximum atomic E-state index is 13.1. The number of phenolic OH excluding ortho intramolecular Hbond substituents is 1. The molecule has 0 aliphatic rings. The molecule has 0 aromatic heterocycles. The summed E-state index contributed by atoms with van der Waals surface area (Å²) in [5, 5.41) is 23.3. The molecule has 0 bridgehead atoms. The SMILES string of the molecule is COc1cc(NC(=O)c2cc3ccccc3c(N=Nc3ccc(S(=O)(=O)O)c(Cl)c3C)c2O)ccc1Cl. The number of phenols is 1. The fourth-order valence-electron chi connectivity index (χ4n) is 3.59. The zero-order chi connectivity index (χ0) is 26.9. The van der Waals surface area contributed by atoms with E-state index in [4.69, 9.17) is 27.9 Å². The van der Waals surface area contributed by atoms with Crippen LogP contribution in [-0.2, 0) is 10.1 Å². The average Bonchev–Trinajstić information content (AvgIpc) is 2.85. The van der Waals surface area contributed by atoms with Crippen LogP contribution in [0.25, 0.3) is 10.8 Å².